The van der Waals surface area contributed by atoms with Crippen LogP contribution in [0, 0.1) is 5.41 Å². The highest BCUT2D eigenvalue weighted by molar-refractivity contribution is 5.05. The van der Waals surface area contributed by atoms with E-state index in [1.165, 1.54) is 51.4 Å². The smallest absolute Gasteiger partial charge is 0.0827 e. The number of hydrogen-bond acceptors (Lipinski definition) is 2. The molecule has 0 aromatic rings. The molecule has 2 unspecified atom stereocenters. The van der Waals surface area contributed by atoms with Crippen LogP contribution in [-0.2, 0) is 0 Å². The molecular formula is C14H27NO. The van der Waals surface area contributed by atoms with Crippen molar-refractivity contribution in [2.75, 3.05) is 13.1 Å². The van der Waals surface area contributed by atoms with Crippen molar-refractivity contribution in [1.82, 2.24) is 5.32 Å². The zero-order valence-corrected chi connectivity index (χ0v) is 10.7. The summed E-state index contributed by atoms with van der Waals surface area (Å²) in [5.41, 5.74) is -0.136. The quantitative estimate of drug-likeness (QED) is 0.721. The number of fused-ring (bicyclic) bond motifs is 1. The monoisotopic (exact) mass is 225 g/mol. The minimum Gasteiger partial charge on any atom is -0.388 e. The molecule has 2 heteroatoms. The fraction of sp³-hybridized carbons (Fsp3) is 1.00. The lowest BCUT2D eigenvalue weighted by atomic mass is 9.58. The molecule has 16 heavy (non-hydrogen) atoms. The molecule has 2 fully saturated rings. The highest BCUT2D eigenvalue weighted by Crippen LogP contribution is 2.51. The molecule has 0 aromatic heterocycles. The van der Waals surface area contributed by atoms with Crippen LogP contribution in [0.3, 0.4) is 0 Å². The van der Waals surface area contributed by atoms with Gasteiger partial charge in [-0.1, -0.05) is 39.0 Å². The maximum absolute atomic E-state index is 10.9. The van der Waals surface area contributed by atoms with E-state index in [2.05, 4.69) is 12.2 Å². The van der Waals surface area contributed by atoms with Crippen LogP contribution in [0.4, 0.5) is 0 Å². The van der Waals surface area contributed by atoms with E-state index in [0.717, 1.165) is 19.5 Å². The zero-order chi connectivity index (χ0) is 11.5. The van der Waals surface area contributed by atoms with Crippen molar-refractivity contribution in [2.45, 2.75) is 70.3 Å². The van der Waals surface area contributed by atoms with Crippen LogP contribution < -0.4 is 5.32 Å². The lowest BCUT2D eigenvalue weighted by Crippen LogP contribution is -2.60. The van der Waals surface area contributed by atoms with Gasteiger partial charge in [0.2, 0.25) is 0 Å². The van der Waals surface area contributed by atoms with Gasteiger partial charge in [-0.05, 0) is 32.2 Å². The second kappa shape index (κ2) is 5.05. The first-order valence-corrected chi connectivity index (χ1v) is 7.16. The second-order valence-corrected chi connectivity index (χ2v) is 5.90. The van der Waals surface area contributed by atoms with Crippen molar-refractivity contribution >= 4 is 0 Å². The lowest BCUT2D eigenvalue weighted by Gasteiger charge is -2.54. The molecule has 2 rings (SSSR count). The van der Waals surface area contributed by atoms with Crippen molar-refractivity contribution in [3.8, 4) is 0 Å². The molecule has 2 aliphatic rings. The predicted octanol–water partition coefficient (Wildman–Crippen LogP) is 2.85. The molecule has 1 heterocycles. The molecule has 94 valence electrons. The molecule has 0 spiro atoms. The first-order valence-electron chi connectivity index (χ1n) is 7.16. The largest absolute Gasteiger partial charge is 0.388 e. The summed E-state index contributed by atoms with van der Waals surface area (Å²) in [6, 6.07) is 0. The topological polar surface area (TPSA) is 32.3 Å². The van der Waals surface area contributed by atoms with E-state index in [1.54, 1.807) is 0 Å². The molecule has 2 atom stereocenters. The third-order valence-electron chi connectivity index (χ3n) is 4.94. The maximum Gasteiger partial charge on any atom is 0.0827 e. The Kier molecular flexibility index (Phi) is 3.91. The average molecular weight is 225 g/mol. The highest BCUT2D eigenvalue weighted by Gasteiger charge is 2.51. The van der Waals surface area contributed by atoms with Crippen LogP contribution in [0.5, 0.6) is 0 Å². The van der Waals surface area contributed by atoms with Gasteiger partial charge in [0.15, 0.2) is 0 Å². The first-order chi connectivity index (χ1) is 7.72. The van der Waals surface area contributed by atoms with Crippen molar-refractivity contribution in [2.24, 2.45) is 5.41 Å². The number of unbranched alkanes of at least 4 members (excludes halogenated alkanes) is 2. The molecule has 1 aliphatic heterocycles. The molecule has 0 amide bonds. The van der Waals surface area contributed by atoms with Crippen LogP contribution in [0.2, 0.25) is 0 Å². The first kappa shape index (κ1) is 12.4. The Hall–Kier alpha value is -0.0800. The molecule has 2 N–H and O–H groups in total. The Bertz CT molecular complexity index is 215. The third kappa shape index (κ3) is 2.14. The van der Waals surface area contributed by atoms with Gasteiger partial charge in [-0.15, -0.1) is 0 Å². The number of hydrogen-bond donors (Lipinski definition) is 2. The molecule has 1 aliphatic carbocycles. The molecule has 1 saturated heterocycles. The van der Waals surface area contributed by atoms with E-state index in [0.29, 0.717) is 0 Å². The summed E-state index contributed by atoms with van der Waals surface area (Å²) < 4.78 is 0. The van der Waals surface area contributed by atoms with Gasteiger partial charge >= 0.3 is 0 Å². The van der Waals surface area contributed by atoms with Gasteiger partial charge in [0.05, 0.1) is 5.60 Å². The van der Waals surface area contributed by atoms with Crippen molar-refractivity contribution in [3.05, 3.63) is 0 Å². The van der Waals surface area contributed by atoms with E-state index in [9.17, 15) is 5.11 Å². The van der Waals surface area contributed by atoms with Crippen molar-refractivity contribution in [1.29, 1.82) is 0 Å². The summed E-state index contributed by atoms with van der Waals surface area (Å²) in [6.45, 7) is 4.20. The number of nitrogens with one attached hydrogen (secondary N) is 1. The van der Waals surface area contributed by atoms with Crippen LogP contribution >= 0.6 is 0 Å². The summed E-state index contributed by atoms with van der Waals surface area (Å²) in [6.07, 6.45) is 11.2. The van der Waals surface area contributed by atoms with Gasteiger partial charge in [-0.3, -0.25) is 0 Å². The fourth-order valence-electron chi connectivity index (χ4n) is 3.83. The summed E-state index contributed by atoms with van der Waals surface area (Å²) in [4.78, 5) is 0. The zero-order valence-electron chi connectivity index (χ0n) is 10.7. The van der Waals surface area contributed by atoms with Gasteiger partial charge in [-0.25, -0.2) is 0 Å². The van der Waals surface area contributed by atoms with E-state index < -0.39 is 5.60 Å². The summed E-state index contributed by atoms with van der Waals surface area (Å²) in [7, 11) is 0. The lowest BCUT2D eigenvalue weighted by molar-refractivity contribution is -0.136. The maximum atomic E-state index is 10.9. The van der Waals surface area contributed by atoms with E-state index in [1.807, 2.05) is 0 Å². The van der Waals surface area contributed by atoms with E-state index >= 15 is 0 Å². The minimum atomic E-state index is -0.392. The number of aliphatic hydroxyl groups is 1. The van der Waals surface area contributed by atoms with Crippen LogP contribution in [0.1, 0.15) is 64.7 Å². The van der Waals surface area contributed by atoms with E-state index in [4.69, 9.17) is 0 Å². The van der Waals surface area contributed by atoms with E-state index in [-0.39, 0.29) is 5.41 Å². The number of β-amino-alcohol motifs (C(OH)–C–C–N with tert-alkyl or cyclic N) is 1. The second-order valence-electron chi connectivity index (χ2n) is 5.90. The van der Waals surface area contributed by atoms with Gasteiger partial charge < -0.3 is 10.4 Å². The van der Waals surface area contributed by atoms with Crippen LogP contribution in [0.25, 0.3) is 0 Å². The number of piperidine rings is 1. The molecule has 0 bridgehead atoms. The van der Waals surface area contributed by atoms with Gasteiger partial charge in [0.25, 0.3) is 0 Å². The summed E-state index contributed by atoms with van der Waals surface area (Å²) in [5, 5.41) is 14.3. The van der Waals surface area contributed by atoms with Crippen LogP contribution in [-0.4, -0.2) is 23.8 Å². The third-order valence-corrected chi connectivity index (χ3v) is 4.94. The molecule has 2 nitrogen and oxygen atoms in total. The normalized spacial score (nSPS) is 39.4. The van der Waals surface area contributed by atoms with Gasteiger partial charge in [0, 0.05) is 12.0 Å². The summed E-state index contributed by atoms with van der Waals surface area (Å²) >= 11 is 0. The summed E-state index contributed by atoms with van der Waals surface area (Å²) in [5.74, 6) is 0. The number of rotatable bonds is 4. The Morgan fingerprint density at radius 2 is 1.94 bits per heavy atom. The SMILES string of the molecule is CCCCCC12CCCCC1(O)CNCC2. The van der Waals surface area contributed by atoms with Crippen molar-refractivity contribution < 1.29 is 5.11 Å². The van der Waals surface area contributed by atoms with Crippen LogP contribution in [0.15, 0.2) is 0 Å². The Labute approximate surface area is 99.8 Å². The Balaban J connectivity index is 2.05. The minimum absolute atomic E-state index is 0.256. The molecular weight excluding hydrogens is 198 g/mol. The highest BCUT2D eigenvalue weighted by atomic mass is 16.3. The standard InChI is InChI=1S/C14H27NO/c1-2-3-4-7-13-8-5-6-9-14(13,16)12-15-11-10-13/h15-16H,2-12H2,1H3. The Morgan fingerprint density at radius 1 is 1.12 bits per heavy atom. The predicted molar refractivity (Wildman–Crippen MR) is 67.5 cm³/mol. The fourth-order valence-corrected chi connectivity index (χ4v) is 3.83. The molecule has 0 aromatic carbocycles. The van der Waals surface area contributed by atoms with Gasteiger partial charge in [0.1, 0.15) is 0 Å². The molecule has 0 radical (unpaired) electrons. The van der Waals surface area contributed by atoms with Gasteiger partial charge in [-0.2, -0.15) is 0 Å². The molecule has 1 saturated carbocycles. The average Bonchev–Trinajstić information content (AvgIpc) is 2.29. The Morgan fingerprint density at radius 3 is 2.75 bits per heavy atom. The van der Waals surface area contributed by atoms with Crippen molar-refractivity contribution in [3.63, 3.8) is 0 Å².